The van der Waals surface area contributed by atoms with Crippen molar-refractivity contribution in [3.05, 3.63) is 22.5 Å². The van der Waals surface area contributed by atoms with Gasteiger partial charge in [0.05, 0.1) is 11.5 Å². The normalized spacial score (nSPS) is 21.4. The molecule has 2 fully saturated rings. The maximum atomic E-state index is 13.0. The second-order valence-corrected chi connectivity index (χ2v) is 10.6. The van der Waals surface area contributed by atoms with E-state index in [0.717, 1.165) is 32.1 Å². The summed E-state index contributed by atoms with van der Waals surface area (Å²) in [5.41, 5.74) is 1.70. The first-order valence-electron chi connectivity index (χ1n) is 10.5. The number of aryl methyl sites for hydroxylation is 1. The molecule has 9 heteroatoms. The lowest BCUT2D eigenvalue weighted by atomic mass is 9.93. The quantitative estimate of drug-likeness (QED) is 0.539. The highest BCUT2D eigenvalue weighted by molar-refractivity contribution is 7.91. The fraction of sp³-hybridized carbons (Fsp3) is 0.667. The minimum atomic E-state index is -3.14. The van der Waals surface area contributed by atoms with E-state index in [4.69, 9.17) is 4.74 Å². The molecule has 0 bridgehead atoms. The molecule has 1 saturated heterocycles. The van der Waals surface area contributed by atoms with Crippen molar-refractivity contribution in [2.75, 3.05) is 18.1 Å². The number of hydrogen-bond donors (Lipinski definition) is 1. The van der Waals surface area contributed by atoms with E-state index < -0.39 is 22.4 Å². The first-order valence-corrected chi connectivity index (χ1v) is 12.3. The largest absolute Gasteiger partial charge is 0.451 e. The second-order valence-electron chi connectivity index (χ2n) is 8.41. The number of sulfone groups is 1. The number of carbonyl (C=O) groups is 3. The summed E-state index contributed by atoms with van der Waals surface area (Å²) in [5.74, 6) is -1.14. The van der Waals surface area contributed by atoms with Crippen molar-refractivity contribution in [1.29, 1.82) is 0 Å². The lowest BCUT2D eigenvalue weighted by Gasteiger charge is -2.38. The van der Waals surface area contributed by atoms with Gasteiger partial charge in [0.1, 0.15) is 5.69 Å². The number of hydrogen-bond acceptors (Lipinski definition) is 6. The van der Waals surface area contributed by atoms with Crippen LogP contribution in [0.5, 0.6) is 0 Å². The van der Waals surface area contributed by atoms with E-state index in [1.54, 1.807) is 18.7 Å². The van der Waals surface area contributed by atoms with Gasteiger partial charge in [0.25, 0.3) is 5.91 Å². The molecule has 166 valence electrons. The molecule has 30 heavy (non-hydrogen) atoms. The summed E-state index contributed by atoms with van der Waals surface area (Å²) in [6.45, 7) is 4.35. The molecule has 1 aromatic heterocycles. The third-order valence-electron chi connectivity index (χ3n) is 6.18. The highest BCUT2D eigenvalue weighted by Crippen LogP contribution is 2.28. The molecule has 1 aromatic rings. The number of ketones is 1. The summed E-state index contributed by atoms with van der Waals surface area (Å²) in [7, 11) is -3.14. The van der Waals surface area contributed by atoms with Gasteiger partial charge in [-0.3, -0.25) is 9.59 Å². The summed E-state index contributed by atoms with van der Waals surface area (Å²) in [6.07, 6.45) is 5.22. The molecule has 1 atom stereocenters. The zero-order chi connectivity index (χ0) is 22.1. The Hall–Kier alpha value is -2.16. The minimum absolute atomic E-state index is 0.0120. The Morgan fingerprint density at radius 2 is 1.73 bits per heavy atom. The molecule has 8 nitrogen and oxygen atoms in total. The number of H-pyrrole nitrogens is 1. The average Bonchev–Trinajstić information content (AvgIpc) is 3.19. The predicted octanol–water partition coefficient (Wildman–Crippen LogP) is 2.34. The van der Waals surface area contributed by atoms with Gasteiger partial charge < -0.3 is 14.6 Å². The molecule has 1 aliphatic carbocycles. The number of carbonyl (C=O) groups excluding carboxylic acids is 3. The van der Waals surface area contributed by atoms with Crippen molar-refractivity contribution < 1.29 is 27.5 Å². The number of amides is 1. The van der Waals surface area contributed by atoms with Crippen LogP contribution < -0.4 is 0 Å². The summed E-state index contributed by atoms with van der Waals surface area (Å²) in [4.78, 5) is 41.9. The average molecular weight is 439 g/mol. The number of aromatic nitrogens is 1. The standard InChI is InChI=1S/C21H30N2O6S/c1-13-19(15(3)24)14(2)22-20(13)21(26)29-11-18(25)23(16-7-5-4-6-8-16)17-9-10-30(27,28)12-17/h16-17,22H,4-12H2,1-3H3. The first-order chi connectivity index (χ1) is 14.1. The lowest BCUT2D eigenvalue weighted by molar-refractivity contribution is -0.140. The number of Topliss-reactive ketones (excluding diaryl/α,β-unsaturated/α-hetero) is 1. The Morgan fingerprint density at radius 3 is 2.27 bits per heavy atom. The number of nitrogens with zero attached hydrogens (tertiary/aromatic N) is 1. The van der Waals surface area contributed by atoms with Crippen molar-refractivity contribution in [2.24, 2.45) is 0 Å². The van der Waals surface area contributed by atoms with Crippen LogP contribution in [0, 0.1) is 13.8 Å². The minimum Gasteiger partial charge on any atom is -0.451 e. The molecule has 1 N–H and O–H groups in total. The molecule has 0 aromatic carbocycles. The van der Waals surface area contributed by atoms with Gasteiger partial charge in [0, 0.05) is 23.3 Å². The van der Waals surface area contributed by atoms with Crippen molar-refractivity contribution >= 4 is 27.5 Å². The van der Waals surface area contributed by atoms with Gasteiger partial charge in [0.2, 0.25) is 0 Å². The zero-order valence-corrected chi connectivity index (χ0v) is 18.6. The molecule has 1 unspecified atom stereocenters. The van der Waals surface area contributed by atoms with Crippen molar-refractivity contribution in [3.8, 4) is 0 Å². The number of aromatic amines is 1. The van der Waals surface area contributed by atoms with Crippen LogP contribution in [-0.4, -0.2) is 66.2 Å². The van der Waals surface area contributed by atoms with Gasteiger partial charge in [-0.2, -0.15) is 0 Å². The molecule has 3 rings (SSSR count). The van der Waals surface area contributed by atoms with Crippen molar-refractivity contribution in [2.45, 2.75) is 71.4 Å². The van der Waals surface area contributed by atoms with E-state index in [9.17, 15) is 22.8 Å². The van der Waals surface area contributed by atoms with Crippen LogP contribution in [-0.2, 0) is 19.4 Å². The molecule has 0 spiro atoms. The highest BCUT2D eigenvalue weighted by Gasteiger charge is 2.38. The third kappa shape index (κ3) is 4.77. The van der Waals surface area contributed by atoms with Crippen molar-refractivity contribution in [1.82, 2.24) is 9.88 Å². The Kier molecular flexibility index (Phi) is 6.69. The molecule has 1 saturated carbocycles. The van der Waals surface area contributed by atoms with E-state index in [-0.39, 0.29) is 41.0 Å². The molecule has 1 aliphatic heterocycles. The van der Waals surface area contributed by atoms with Crippen molar-refractivity contribution in [3.63, 3.8) is 0 Å². The van der Waals surface area contributed by atoms with E-state index in [2.05, 4.69) is 4.98 Å². The molecular formula is C21H30N2O6S. The topological polar surface area (TPSA) is 114 Å². The fourth-order valence-corrected chi connectivity index (χ4v) is 6.53. The number of nitrogens with one attached hydrogen (secondary N) is 1. The van der Waals surface area contributed by atoms with E-state index in [1.807, 2.05) is 0 Å². The SMILES string of the molecule is CC(=O)c1c(C)[nH]c(C(=O)OCC(=O)N(C2CCCCC2)C2CCS(=O)(=O)C2)c1C. The Bertz CT molecular complexity index is 943. The van der Waals surface area contributed by atoms with Gasteiger partial charge in [-0.15, -0.1) is 0 Å². The Balaban J connectivity index is 1.72. The van der Waals surface area contributed by atoms with Gasteiger partial charge >= 0.3 is 5.97 Å². The van der Waals surface area contributed by atoms with E-state index in [0.29, 0.717) is 23.2 Å². The molecular weight excluding hydrogens is 408 g/mol. The number of esters is 1. The summed E-state index contributed by atoms with van der Waals surface area (Å²) >= 11 is 0. The van der Waals surface area contributed by atoms with Gasteiger partial charge in [-0.1, -0.05) is 19.3 Å². The zero-order valence-electron chi connectivity index (χ0n) is 17.8. The number of rotatable bonds is 6. The Morgan fingerprint density at radius 1 is 1.07 bits per heavy atom. The smallest absolute Gasteiger partial charge is 0.355 e. The first kappa shape index (κ1) is 22.5. The summed E-state index contributed by atoms with van der Waals surface area (Å²) < 4.78 is 29.2. The monoisotopic (exact) mass is 438 g/mol. The van der Waals surface area contributed by atoms with Crippen LogP contribution in [0.2, 0.25) is 0 Å². The molecule has 2 heterocycles. The predicted molar refractivity (Wildman–Crippen MR) is 111 cm³/mol. The van der Waals surface area contributed by atoms with Crippen LogP contribution in [0.15, 0.2) is 0 Å². The number of ether oxygens (including phenoxy) is 1. The Labute approximate surface area is 177 Å². The van der Waals surface area contributed by atoms with Crippen LogP contribution in [0.3, 0.4) is 0 Å². The van der Waals surface area contributed by atoms with Crippen LogP contribution in [0.1, 0.15) is 77.6 Å². The second kappa shape index (κ2) is 8.91. The summed E-state index contributed by atoms with van der Waals surface area (Å²) in [5, 5.41) is 0. The van der Waals surface area contributed by atoms with E-state index >= 15 is 0 Å². The molecule has 2 aliphatic rings. The van der Waals surface area contributed by atoms with Crippen LogP contribution in [0.25, 0.3) is 0 Å². The van der Waals surface area contributed by atoms with Gasteiger partial charge in [-0.05, 0) is 45.6 Å². The molecule has 1 amide bonds. The maximum Gasteiger partial charge on any atom is 0.355 e. The van der Waals surface area contributed by atoms with E-state index in [1.165, 1.54) is 6.92 Å². The maximum absolute atomic E-state index is 13.0. The van der Waals surface area contributed by atoms with Crippen LogP contribution in [0.4, 0.5) is 0 Å². The van der Waals surface area contributed by atoms with Gasteiger partial charge in [-0.25, -0.2) is 13.2 Å². The highest BCUT2D eigenvalue weighted by atomic mass is 32.2. The lowest BCUT2D eigenvalue weighted by Crippen LogP contribution is -2.50. The fourth-order valence-electron chi connectivity index (χ4n) is 4.82. The van der Waals surface area contributed by atoms with Gasteiger partial charge in [0.15, 0.2) is 22.2 Å². The van der Waals surface area contributed by atoms with Crippen LogP contribution >= 0.6 is 0 Å². The third-order valence-corrected chi connectivity index (χ3v) is 7.93. The molecule has 0 radical (unpaired) electrons. The summed E-state index contributed by atoms with van der Waals surface area (Å²) in [6, 6.07) is -0.370.